The number of thiophene rings is 1. The van der Waals surface area contributed by atoms with Crippen LogP contribution in [0.25, 0.3) is 10.7 Å². The van der Waals surface area contributed by atoms with Gasteiger partial charge in [0.15, 0.2) is 11.0 Å². The molecule has 6 nitrogen and oxygen atoms in total. The van der Waals surface area contributed by atoms with Crippen LogP contribution >= 0.6 is 23.1 Å². The monoisotopic (exact) mass is 454 g/mol. The number of aromatic nitrogens is 3. The Morgan fingerprint density at radius 1 is 1.23 bits per heavy atom. The first-order chi connectivity index (χ1) is 15.2. The number of ether oxygens (including phenoxy) is 1. The molecule has 5 rings (SSSR count). The van der Waals surface area contributed by atoms with E-state index in [1.165, 1.54) is 17.3 Å². The van der Waals surface area contributed by atoms with Crippen molar-refractivity contribution in [2.75, 3.05) is 17.3 Å². The minimum absolute atomic E-state index is 0.119. The third-order valence-corrected chi connectivity index (χ3v) is 7.80. The van der Waals surface area contributed by atoms with Crippen LogP contribution in [0.1, 0.15) is 31.7 Å². The smallest absolute Gasteiger partial charge is 0.237 e. The van der Waals surface area contributed by atoms with Crippen LogP contribution in [0.2, 0.25) is 0 Å². The maximum Gasteiger partial charge on any atom is 0.237 e. The van der Waals surface area contributed by atoms with Gasteiger partial charge in [0.2, 0.25) is 5.91 Å². The van der Waals surface area contributed by atoms with E-state index < -0.39 is 0 Å². The van der Waals surface area contributed by atoms with E-state index in [0.29, 0.717) is 5.75 Å². The number of benzene rings is 1. The molecule has 0 aliphatic carbocycles. The van der Waals surface area contributed by atoms with Crippen molar-refractivity contribution in [3.8, 4) is 10.7 Å². The molecule has 2 aliphatic rings. The Labute approximate surface area is 190 Å². The zero-order valence-electron chi connectivity index (χ0n) is 17.6. The van der Waals surface area contributed by atoms with Crippen LogP contribution in [0.3, 0.4) is 0 Å². The molecule has 8 heteroatoms. The van der Waals surface area contributed by atoms with Gasteiger partial charge < -0.3 is 9.64 Å². The largest absolute Gasteiger partial charge is 0.376 e. The first-order valence-corrected chi connectivity index (χ1v) is 12.7. The Kier molecular flexibility index (Phi) is 6.11. The van der Waals surface area contributed by atoms with Crippen molar-refractivity contribution in [2.24, 2.45) is 0 Å². The number of fused-ring (bicyclic) bond motifs is 1. The summed E-state index contributed by atoms with van der Waals surface area (Å²) in [5.41, 5.74) is 2.30. The Morgan fingerprint density at radius 2 is 2.13 bits per heavy atom. The molecule has 3 aromatic rings. The molecule has 0 bridgehead atoms. The summed E-state index contributed by atoms with van der Waals surface area (Å²) < 4.78 is 8.00. The number of thioether (sulfide) groups is 1. The molecule has 4 heterocycles. The van der Waals surface area contributed by atoms with Crippen LogP contribution < -0.4 is 4.90 Å². The number of hydrogen-bond donors (Lipinski definition) is 0. The van der Waals surface area contributed by atoms with Crippen molar-refractivity contribution in [3.05, 3.63) is 47.3 Å². The zero-order valence-corrected chi connectivity index (χ0v) is 19.2. The quantitative estimate of drug-likeness (QED) is 0.508. The lowest BCUT2D eigenvalue weighted by atomic mass is 9.97. The van der Waals surface area contributed by atoms with Gasteiger partial charge in [-0.25, -0.2) is 0 Å². The van der Waals surface area contributed by atoms with Crippen molar-refractivity contribution in [2.45, 2.75) is 56.5 Å². The first kappa shape index (κ1) is 20.7. The van der Waals surface area contributed by atoms with E-state index in [0.717, 1.165) is 60.4 Å². The molecule has 162 valence electrons. The lowest BCUT2D eigenvalue weighted by molar-refractivity contribution is -0.116. The van der Waals surface area contributed by atoms with Crippen molar-refractivity contribution in [1.29, 1.82) is 0 Å². The third-order valence-electron chi connectivity index (χ3n) is 5.99. The topological polar surface area (TPSA) is 60.2 Å². The molecule has 2 aromatic heterocycles. The Morgan fingerprint density at radius 3 is 2.94 bits per heavy atom. The van der Waals surface area contributed by atoms with Crippen LogP contribution in [-0.2, 0) is 22.5 Å². The van der Waals surface area contributed by atoms with E-state index in [1.54, 1.807) is 11.3 Å². The predicted molar refractivity (Wildman–Crippen MR) is 125 cm³/mol. The van der Waals surface area contributed by atoms with Crippen LogP contribution in [0.4, 0.5) is 5.69 Å². The molecule has 0 N–H and O–H groups in total. The van der Waals surface area contributed by atoms with Gasteiger partial charge in [0.25, 0.3) is 0 Å². The number of carbonyl (C=O) groups is 1. The average Bonchev–Trinajstić information content (AvgIpc) is 3.55. The van der Waals surface area contributed by atoms with Crippen LogP contribution in [0, 0.1) is 0 Å². The predicted octanol–water partition coefficient (Wildman–Crippen LogP) is 4.65. The van der Waals surface area contributed by atoms with Gasteiger partial charge in [0.05, 0.1) is 23.3 Å². The molecular formula is C23H26N4O2S2. The van der Waals surface area contributed by atoms with Gasteiger partial charge in [-0.05, 0) is 55.7 Å². The summed E-state index contributed by atoms with van der Waals surface area (Å²) in [6.07, 6.45) is 4.33. The van der Waals surface area contributed by atoms with E-state index in [4.69, 9.17) is 4.74 Å². The maximum absolute atomic E-state index is 13.3. The summed E-state index contributed by atoms with van der Waals surface area (Å²) in [7, 11) is 0. The maximum atomic E-state index is 13.3. The number of anilines is 1. The van der Waals surface area contributed by atoms with Crippen molar-refractivity contribution in [1.82, 2.24) is 14.8 Å². The van der Waals surface area contributed by atoms with Gasteiger partial charge in [-0.15, -0.1) is 21.5 Å². The molecule has 0 spiro atoms. The molecule has 0 saturated carbocycles. The van der Waals surface area contributed by atoms with Crippen LogP contribution in [0.5, 0.6) is 0 Å². The van der Waals surface area contributed by atoms with Gasteiger partial charge in [0.1, 0.15) is 0 Å². The summed E-state index contributed by atoms with van der Waals surface area (Å²) in [6.45, 7) is 3.67. The number of aryl methyl sites for hydroxylation is 1. The normalized spacial score (nSPS) is 20.7. The molecule has 1 aromatic carbocycles. The second kappa shape index (κ2) is 9.14. The molecule has 2 atom stereocenters. The average molecular weight is 455 g/mol. The SMILES string of the molecule is CC1CCc2ccccc2N1C(=O)CSc1nnc(-c2cccs2)n1CC1CCCO1. The minimum atomic E-state index is 0.119. The van der Waals surface area contributed by atoms with Crippen LogP contribution in [0.15, 0.2) is 46.9 Å². The van der Waals surface area contributed by atoms with E-state index >= 15 is 0 Å². The van der Waals surface area contributed by atoms with Gasteiger partial charge >= 0.3 is 0 Å². The molecule has 1 fully saturated rings. The summed E-state index contributed by atoms with van der Waals surface area (Å²) in [4.78, 5) is 16.3. The fraction of sp³-hybridized carbons (Fsp3) is 0.435. The Bertz CT molecular complexity index is 1040. The highest BCUT2D eigenvalue weighted by Gasteiger charge is 2.29. The summed E-state index contributed by atoms with van der Waals surface area (Å²) in [6, 6.07) is 12.5. The lowest BCUT2D eigenvalue weighted by Crippen LogP contribution is -2.43. The Balaban J connectivity index is 1.36. The summed E-state index contributed by atoms with van der Waals surface area (Å²) >= 11 is 3.13. The minimum Gasteiger partial charge on any atom is -0.376 e. The highest BCUT2D eigenvalue weighted by molar-refractivity contribution is 7.99. The van der Waals surface area contributed by atoms with E-state index in [2.05, 4.69) is 39.9 Å². The van der Waals surface area contributed by atoms with E-state index in [-0.39, 0.29) is 18.1 Å². The fourth-order valence-electron chi connectivity index (χ4n) is 4.40. The number of hydrogen-bond acceptors (Lipinski definition) is 6. The zero-order chi connectivity index (χ0) is 21.2. The molecule has 31 heavy (non-hydrogen) atoms. The van der Waals surface area contributed by atoms with Crippen molar-refractivity contribution in [3.63, 3.8) is 0 Å². The molecule has 2 aliphatic heterocycles. The first-order valence-electron chi connectivity index (χ1n) is 10.8. The number of nitrogens with zero attached hydrogens (tertiary/aromatic N) is 4. The summed E-state index contributed by atoms with van der Waals surface area (Å²) in [5.74, 6) is 1.32. The second-order valence-corrected chi connectivity index (χ2v) is 9.99. The molecule has 0 radical (unpaired) electrons. The molecule has 1 amide bonds. The number of amides is 1. The van der Waals surface area contributed by atoms with Gasteiger partial charge in [0, 0.05) is 18.3 Å². The molecule has 2 unspecified atom stereocenters. The highest BCUT2D eigenvalue weighted by atomic mass is 32.2. The molecular weight excluding hydrogens is 428 g/mol. The lowest BCUT2D eigenvalue weighted by Gasteiger charge is -2.35. The number of para-hydroxylation sites is 1. The molecule has 1 saturated heterocycles. The third kappa shape index (κ3) is 4.29. The standard InChI is InChI=1S/C23H26N4O2S2/c1-16-10-11-17-6-2-3-8-19(17)27(16)21(28)15-31-23-25-24-22(20-9-5-13-30-20)26(23)14-18-7-4-12-29-18/h2-3,5-6,8-9,13,16,18H,4,7,10-12,14-15H2,1H3. The Hall–Kier alpha value is -2.16. The fourth-order valence-corrected chi connectivity index (χ4v) is 5.93. The van der Waals surface area contributed by atoms with E-state index in [9.17, 15) is 4.79 Å². The number of carbonyl (C=O) groups excluding carboxylic acids is 1. The van der Waals surface area contributed by atoms with E-state index in [1.807, 2.05) is 28.5 Å². The van der Waals surface area contributed by atoms with Crippen molar-refractivity contribution >= 4 is 34.7 Å². The van der Waals surface area contributed by atoms with Crippen LogP contribution in [-0.4, -0.2) is 45.2 Å². The van der Waals surface area contributed by atoms with Gasteiger partial charge in [-0.2, -0.15) is 0 Å². The van der Waals surface area contributed by atoms with Gasteiger partial charge in [-0.3, -0.25) is 9.36 Å². The second-order valence-electron chi connectivity index (χ2n) is 8.10. The number of rotatable bonds is 6. The highest BCUT2D eigenvalue weighted by Crippen LogP contribution is 2.33. The van der Waals surface area contributed by atoms with Gasteiger partial charge in [-0.1, -0.05) is 36.0 Å². The van der Waals surface area contributed by atoms with Crippen molar-refractivity contribution < 1.29 is 9.53 Å². The summed E-state index contributed by atoms with van der Waals surface area (Å²) in [5, 5.41) is 11.7.